The second kappa shape index (κ2) is 8.39. The van der Waals surface area contributed by atoms with Gasteiger partial charge in [0.1, 0.15) is 0 Å². The highest BCUT2D eigenvalue weighted by Gasteiger charge is 2.22. The first-order valence-corrected chi connectivity index (χ1v) is 7.44. The largest absolute Gasteiger partial charge is 0.481 e. The lowest BCUT2D eigenvalue weighted by molar-refractivity contribution is -0.143. The predicted molar refractivity (Wildman–Crippen MR) is 80.7 cm³/mol. The van der Waals surface area contributed by atoms with Gasteiger partial charge in [-0.05, 0) is 44.4 Å². The van der Waals surface area contributed by atoms with E-state index < -0.39 is 18.0 Å². The van der Waals surface area contributed by atoms with Crippen molar-refractivity contribution in [3.8, 4) is 0 Å². The van der Waals surface area contributed by atoms with E-state index in [-0.39, 0.29) is 19.1 Å². The second-order valence-corrected chi connectivity index (χ2v) is 6.06. The van der Waals surface area contributed by atoms with E-state index in [1.165, 1.54) is 0 Å². The van der Waals surface area contributed by atoms with E-state index in [1.807, 2.05) is 38.1 Å². The van der Waals surface area contributed by atoms with E-state index in [0.717, 1.165) is 10.0 Å². The zero-order valence-electron chi connectivity index (χ0n) is 11.8. The van der Waals surface area contributed by atoms with Gasteiger partial charge in [-0.2, -0.15) is 0 Å². The van der Waals surface area contributed by atoms with Crippen molar-refractivity contribution in [2.45, 2.75) is 38.9 Å². The number of aliphatic hydroxyl groups excluding tert-OH is 1. The van der Waals surface area contributed by atoms with Gasteiger partial charge in [-0.1, -0.05) is 28.1 Å². The number of hydrogen-bond donors (Lipinski definition) is 2. The van der Waals surface area contributed by atoms with Crippen LogP contribution in [0.15, 0.2) is 28.7 Å². The predicted octanol–water partition coefficient (Wildman–Crippen LogP) is 2.87. The molecule has 0 fully saturated rings. The minimum atomic E-state index is -0.895. The van der Waals surface area contributed by atoms with E-state index in [4.69, 9.17) is 4.74 Å². The summed E-state index contributed by atoms with van der Waals surface area (Å²) in [5.74, 6) is -1.51. The van der Waals surface area contributed by atoms with Crippen LogP contribution in [0.2, 0.25) is 0 Å². The topological polar surface area (TPSA) is 66.8 Å². The molecule has 1 rings (SSSR count). The van der Waals surface area contributed by atoms with Gasteiger partial charge in [0.05, 0.1) is 24.7 Å². The first-order valence-electron chi connectivity index (χ1n) is 6.65. The third kappa shape index (κ3) is 6.50. The lowest BCUT2D eigenvalue weighted by Gasteiger charge is -2.18. The van der Waals surface area contributed by atoms with Crippen LogP contribution in [0.1, 0.15) is 25.8 Å². The zero-order chi connectivity index (χ0) is 15.1. The van der Waals surface area contributed by atoms with Crippen LogP contribution in [0.4, 0.5) is 0 Å². The fourth-order valence-corrected chi connectivity index (χ4v) is 2.37. The van der Waals surface area contributed by atoms with Crippen molar-refractivity contribution in [1.82, 2.24) is 0 Å². The third-order valence-electron chi connectivity index (χ3n) is 2.90. The van der Waals surface area contributed by atoms with Crippen molar-refractivity contribution in [2.75, 3.05) is 6.61 Å². The van der Waals surface area contributed by atoms with Gasteiger partial charge in [-0.15, -0.1) is 0 Å². The monoisotopic (exact) mass is 344 g/mol. The van der Waals surface area contributed by atoms with E-state index in [2.05, 4.69) is 15.9 Å². The summed E-state index contributed by atoms with van der Waals surface area (Å²) in [6.07, 6.45) is -0.147. The summed E-state index contributed by atoms with van der Waals surface area (Å²) < 4.78 is 6.22. The highest BCUT2D eigenvalue weighted by atomic mass is 79.9. The van der Waals surface area contributed by atoms with Crippen molar-refractivity contribution in [1.29, 1.82) is 0 Å². The summed E-state index contributed by atoms with van der Waals surface area (Å²) in [5.41, 5.74) is 0.934. The van der Waals surface area contributed by atoms with Crippen molar-refractivity contribution < 1.29 is 19.7 Å². The van der Waals surface area contributed by atoms with Crippen molar-refractivity contribution in [2.24, 2.45) is 5.92 Å². The summed E-state index contributed by atoms with van der Waals surface area (Å²) in [4.78, 5) is 11.3. The Labute approximate surface area is 127 Å². The number of hydrogen-bond acceptors (Lipinski definition) is 3. The number of carboxylic acids is 1. The Hall–Kier alpha value is -0.910. The molecular formula is C15H21BrO4. The Kier molecular flexibility index (Phi) is 7.19. The average Bonchev–Trinajstić information content (AvgIpc) is 2.35. The molecule has 2 atom stereocenters. The Morgan fingerprint density at radius 1 is 1.40 bits per heavy atom. The van der Waals surface area contributed by atoms with Gasteiger partial charge in [0, 0.05) is 4.47 Å². The normalized spacial score (nSPS) is 14.2. The molecule has 1 aromatic carbocycles. The third-order valence-corrected chi connectivity index (χ3v) is 3.39. The maximum Gasteiger partial charge on any atom is 0.306 e. The van der Waals surface area contributed by atoms with Crippen molar-refractivity contribution in [3.05, 3.63) is 34.3 Å². The minimum absolute atomic E-state index is 0.0259. The Bertz CT molecular complexity index is 434. The average molecular weight is 345 g/mol. The number of aliphatic carboxylic acids is 1. The van der Waals surface area contributed by atoms with E-state index in [9.17, 15) is 15.0 Å². The highest BCUT2D eigenvalue weighted by molar-refractivity contribution is 9.10. The Morgan fingerprint density at radius 3 is 2.65 bits per heavy atom. The molecule has 0 spiro atoms. The number of halogens is 1. The van der Waals surface area contributed by atoms with Gasteiger partial charge >= 0.3 is 5.97 Å². The van der Waals surface area contributed by atoms with E-state index >= 15 is 0 Å². The molecule has 112 valence electrons. The van der Waals surface area contributed by atoms with E-state index in [1.54, 1.807) is 0 Å². The van der Waals surface area contributed by atoms with Crippen molar-refractivity contribution >= 4 is 21.9 Å². The number of carboxylic acid groups (broad SMARTS) is 1. The summed E-state index contributed by atoms with van der Waals surface area (Å²) in [5, 5.41) is 19.1. The molecular weight excluding hydrogens is 324 g/mol. The summed E-state index contributed by atoms with van der Waals surface area (Å²) in [6.45, 7) is 3.92. The number of benzene rings is 1. The van der Waals surface area contributed by atoms with Gasteiger partial charge < -0.3 is 14.9 Å². The van der Waals surface area contributed by atoms with Crippen LogP contribution >= 0.6 is 15.9 Å². The first-order chi connectivity index (χ1) is 9.38. The Morgan fingerprint density at radius 2 is 2.10 bits per heavy atom. The molecule has 2 N–H and O–H groups in total. The molecule has 0 radical (unpaired) electrons. The molecule has 0 aromatic heterocycles. The first kappa shape index (κ1) is 17.1. The SMILES string of the molecule is CC(C)OCC(O)CC(Cc1cccc(Br)c1)C(=O)O. The molecule has 0 heterocycles. The molecule has 0 saturated heterocycles. The molecule has 20 heavy (non-hydrogen) atoms. The van der Waals surface area contributed by atoms with Crippen LogP contribution in [-0.2, 0) is 16.0 Å². The molecule has 4 nitrogen and oxygen atoms in total. The Balaban J connectivity index is 2.58. The maximum atomic E-state index is 11.3. The summed E-state index contributed by atoms with van der Waals surface area (Å²) in [6, 6.07) is 7.55. The van der Waals surface area contributed by atoms with Crippen molar-refractivity contribution in [3.63, 3.8) is 0 Å². The van der Waals surface area contributed by atoms with Gasteiger partial charge in [-0.3, -0.25) is 4.79 Å². The molecule has 1 aromatic rings. The van der Waals surface area contributed by atoms with Gasteiger partial charge in [-0.25, -0.2) is 0 Å². The number of rotatable bonds is 8. The van der Waals surface area contributed by atoms with Crippen LogP contribution in [0.25, 0.3) is 0 Å². The lowest BCUT2D eigenvalue weighted by atomic mass is 9.94. The molecule has 0 aliphatic rings. The van der Waals surface area contributed by atoms with Crippen LogP contribution in [-0.4, -0.2) is 35.0 Å². The molecule has 5 heteroatoms. The number of aliphatic hydroxyl groups is 1. The zero-order valence-corrected chi connectivity index (χ0v) is 13.3. The van der Waals surface area contributed by atoms with Crippen LogP contribution in [0.5, 0.6) is 0 Å². The molecule has 0 bridgehead atoms. The maximum absolute atomic E-state index is 11.3. The molecule has 0 aliphatic heterocycles. The standard InChI is InChI=1S/C15H21BrO4/c1-10(2)20-9-14(17)8-12(15(18)19)6-11-4-3-5-13(16)7-11/h3-5,7,10,12,14,17H,6,8-9H2,1-2H3,(H,18,19). The fraction of sp³-hybridized carbons (Fsp3) is 0.533. The molecule has 2 unspecified atom stereocenters. The number of carbonyl (C=O) groups is 1. The van der Waals surface area contributed by atoms with Gasteiger partial charge in [0.2, 0.25) is 0 Å². The second-order valence-electron chi connectivity index (χ2n) is 5.14. The quantitative estimate of drug-likeness (QED) is 0.760. The van der Waals surface area contributed by atoms with Crippen LogP contribution < -0.4 is 0 Å². The van der Waals surface area contributed by atoms with Crippen LogP contribution in [0.3, 0.4) is 0 Å². The van der Waals surface area contributed by atoms with Gasteiger partial charge in [0.15, 0.2) is 0 Å². The summed E-state index contributed by atoms with van der Waals surface area (Å²) >= 11 is 3.36. The molecule has 0 aliphatic carbocycles. The van der Waals surface area contributed by atoms with Gasteiger partial charge in [0.25, 0.3) is 0 Å². The highest BCUT2D eigenvalue weighted by Crippen LogP contribution is 2.18. The van der Waals surface area contributed by atoms with Crippen LogP contribution in [0, 0.1) is 5.92 Å². The molecule has 0 amide bonds. The summed E-state index contributed by atoms with van der Waals surface area (Å²) in [7, 11) is 0. The smallest absolute Gasteiger partial charge is 0.306 e. The minimum Gasteiger partial charge on any atom is -0.481 e. The number of ether oxygens (including phenoxy) is 1. The fourth-order valence-electron chi connectivity index (χ4n) is 1.92. The van der Waals surface area contributed by atoms with E-state index in [0.29, 0.717) is 6.42 Å². The lowest BCUT2D eigenvalue weighted by Crippen LogP contribution is -2.26. The molecule has 0 saturated carbocycles.